The Bertz CT molecular complexity index is 979. The van der Waals surface area contributed by atoms with Crippen molar-refractivity contribution in [2.75, 3.05) is 4.90 Å². The average Bonchev–Trinajstić information content (AvgIpc) is 2.89. The van der Waals surface area contributed by atoms with Gasteiger partial charge in [0.15, 0.2) is 0 Å². The first-order valence-electron chi connectivity index (χ1n) is 8.56. The smallest absolute Gasteiger partial charge is 0.267 e. The number of fused-ring (bicyclic) bond motifs is 2. The molecule has 5 heteroatoms. The number of hydrogen-bond acceptors (Lipinski definition) is 2. The van der Waals surface area contributed by atoms with Crippen molar-refractivity contribution in [2.45, 2.75) is 0 Å². The van der Waals surface area contributed by atoms with E-state index in [-0.39, 0.29) is 5.91 Å². The van der Waals surface area contributed by atoms with Crippen LogP contribution in [0.5, 0.6) is 0 Å². The molecule has 1 aliphatic rings. The molecule has 0 bridgehead atoms. The molecule has 5 nitrogen and oxygen atoms in total. The first-order chi connectivity index (χ1) is 13.2. The van der Waals surface area contributed by atoms with Gasteiger partial charge < -0.3 is 0 Å². The molecule has 3 aromatic rings. The van der Waals surface area contributed by atoms with Crippen LogP contribution >= 0.6 is 0 Å². The predicted octanol–water partition coefficient (Wildman–Crippen LogP) is 4.36. The van der Waals surface area contributed by atoms with Gasteiger partial charge >= 0.3 is 6.03 Å². The summed E-state index contributed by atoms with van der Waals surface area (Å²) in [6, 6.07) is 23.5. The summed E-state index contributed by atoms with van der Waals surface area (Å²) in [5.41, 5.74) is 8.78. The van der Waals surface area contributed by atoms with Crippen molar-refractivity contribution in [1.29, 1.82) is 0 Å². The Labute approximate surface area is 156 Å². The number of anilines is 2. The lowest BCUT2D eigenvalue weighted by Gasteiger charge is -2.25. The van der Waals surface area contributed by atoms with Gasteiger partial charge in [0, 0.05) is 5.56 Å². The van der Waals surface area contributed by atoms with Crippen molar-refractivity contribution < 1.29 is 9.59 Å². The Morgan fingerprint density at radius 2 is 1.15 bits per heavy atom. The first-order valence-corrected chi connectivity index (χ1v) is 8.56. The van der Waals surface area contributed by atoms with E-state index in [4.69, 9.17) is 0 Å². The molecule has 0 spiro atoms. The number of nitrogens with zero attached hydrogens (tertiary/aromatic N) is 1. The Kier molecular flexibility index (Phi) is 4.41. The van der Waals surface area contributed by atoms with Crippen molar-refractivity contribution in [3.8, 4) is 0 Å². The molecular weight excluding hydrogens is 338 g/mol. The van der Waals surface area contributed by atoms with Crippen molar-refractivity contribution in [3.05, 3.63) is 95.6 Å². The number of nitrogens with one attached hydrogen (secondary N) is 2. The van der Waals surface area contributed by atoms with Gasteiger partial charge in [0.1, 0.15) is 0 Å². The lowest BCUT2D eigenvalue weighted by atomic mass is 10.1. The van der Waals surface area contributed by atoms with Gasteiger partial charge in [0.05, 0.1) is 11.4 Å². The summed E-state index contributed by atoms with van der Waals surface area (Å²) in [7, 11) is 0. The SMILES string of the molecule is O=C(NNC(=O)N1c2ccccc2C=Cc2ccccc21)c1ccccc1. The standard InChI is InChI=1S/C22H17N3O2/c26-21(18-10-2-1-3-11-18)23-24-22(27)25-19-12-6-4-8-16(19)14-15-17-9-5-7-13-20(17)25/h1-15H,(H,23,26)(H,24,27). The molecule has 0 saturated heterocycles. The molecular formula is C22H17N3O2. The van der Waals surface area contributed by atoms with Gasteiger partial charge in [-0.15, -0.1) is 0 Å². The van der Waals surface area contributed by atoms with E-state index < -0.39 is 6.03 Å². The maximum atomic E-state index is 13.0. The van der Waals surface area contributed by atoms with Gasteiger partial charge in [-0.3, -0.25) is 15.1 Å². The van der Waals surface area contributed by atoms with Crippen LogP contribution in [0.3, 0.4) is 0 Å². The number of urea groups is 1. The third kappa shape index (κ3) is 3.30. The maximum Gasteiger partial charge on any atom is 0.345 e. The number of para-hydroxylation sites is 2. The highest BCUT2D eigenvalue weighted by molar-refractivity contribution is 6.06. The average molecular weight is 355 g/mol. The minimum Gasteiger partial charge on any atom is -0.267 e. The molecule has 27 heavy (non-hydrogen) atoms. The molecule has 132 valence electrons. The Morgan fingerprint density at radius 1 is 0.630 bits per heavy atom. The van der Waals surface area contributed by atoms with Crippen LogP contribution in [0.2, 0.25) is 0 Å². The summed E-state index contributed by atoms with van der Waals surface area (Å²) in [6.07, 6.45) is 3.95. The fourth-order valence-corrected chi connectivity index (χ4v) is 3.02. The molecule has 0 unspecified atom stereocenters. The van der Waals surface area contributed by atoms with Crippen LogP contribution in [-0.4, -0.2) is 11.9 Å². The number of hydrazine groups is 1. The van der Waals surface area contributed by atoms with Crippen LogP contribution in [0.25, 0.3) is 12.2 Å². The zero-order chi connectivity index (χ0) is 18.6. The highest BCUT2D eigenvalue weighted by atomic mass is 16.2. The monoisotopic (exact) mass is 355 g/mol. The predicted molar refractivity (Wildman–Crippen MR) is 106 cm³/mol. The summed E-state index contributed by atoms with van der Waals surface area (Å²) in [4.78, 5) is 26.8. The van der Waals surface area contributed by atoms with Crippen molar-refractivity contribution >= 4 is 35.5 Å². The molecule has 1 aliphatic heterocycles. The van der Waals surface area contributed by atoms with Crippen molar-refractivity contribution in [2.24, 2.45) is 0 Å². The Balaban J connectivity index is 1.63. The molecule has 1 heterocycles. The van der Waals surface area contributed by atoms with Crippen molar-refractivity contribution in [3.63, 3.8) is 0 Å². The second-order valence-corrected chi connectivity index (χ2v) is 6.04. The second kappa shape index (κ2) is 7.17. The molecule has 2 N–H and O–H groups in total. The molecule has 4 rings (SSSR count). The summed E-state index contributed by atoms with van der Waals surface area (Å²) < 4.78 is 0. The number of amides is 3. The van der Waals surface area contributed by atoms with Gasteiger partial charge in [-0.2, -0.15) is 0 Å². The summed E-state index contributed by atoms with van der Waals surface area (Å²) in [5.74, 6) is -0.376. The first kappa shape index (κ1) is 16.6. The zero-order valence-electron chi connectivity index (χ0n) is 14.4. The number of carbonyl (C=O) groups is 2. The molecule has 0 aliphatic carbocycles. The summed E-state index contributed by atoms with van der Waals surface area (Å²) >= 11 is 0. The lowest BCUT2D eigenvalue weighted by Crippen LogP contribution is -2.47. The number of rotatable bonds is 1. The van der Waals surface area contributed by atoms with Gasteiger partial charge in [0.2, 0.25) is 0 Å². The molecule has 0 radical (unpaired) electrons. The topological polar surface area (TPSA) is 61.4 Å². The van der Waals surface area contributed by atoms with Gasteiger partial charge in [-0.25, -0.2) is 10.2 Å². The van der Waals surface area contributed by atoms with Crippen LogP contribution in [0.15, 0.2) is 78.9 Å². The van der Waals surface area contributed by atoms with E-state index in [0.717, 1.165) is 22.5 Å². The molecule has 0 aromatic heterocycles. The highest BCUT2D eigenvalue weighted by Gasteiger charge is 2.24. The molecule has 3 amide bonds. The normalized spacial score (nSPS) is 11.8. The summed E-state index contributed by atoms with van der Waals surface area (Å²) in [5, 5.41) is 0. The molecule has 3 aromatic carbocycles. The van der Waals surface area contributed by atoms with Crippen LogP contribution in [-0.2, 0) is 0 Å². The van der Waals surface area contributed by atoms with Gasteiger partial charge in [-0.05, 0) is 35.4 Å². The zero-order valence-corrected chi connectivity index (χ0v) is 14.4. The van der Waals surface area contributed by atoms with E-state index in [1.54, 1.807) is 29.2 Å². The lowest BCUT2D eigenvalue weighted by molar-refractivity contribution is 0.0937. The van der Waals surface area contributed by atoms with E-state index in [1.165, 1.54) is 0 Å². The van der Waals surface area contributed by atoms with Crippen LogP contribution in [0.4, 0.5) is 16.2 Å². The second-order valence-electron chi connectivity index (χ2n) is 6.04. The number of hydrogen-bond donors (Lipinski definition) is 2. The van der Waals surface area contributed by atoms with Gasteiger partial charge in [-0.1, -0.05) is 66.7 Å². The number of carbonyl (C=O) groups excluding carboxylic acids is 2. The van der Waals surface area contributed by atoms with E-state index >= 15 is 0 Å². The molecule has 0 saturated carbocycles. The quantitative estimate of drug-likeness (QED) is 0.637. The van der Waals surface area contributed by atoms with Crippen molar-refractivity contribution in [1.82, 2.24) is 10.9 Å². The maximum absolute atomic E-state index is 13.0. The van der Waals surface area contributed by atoms with Crippen LogP contribution in [0.1, 0.15) is 21.5 Å². The fourth-order valence-electron chi connectivity index (χ4n) is 3.02. The van der Waals surface area contributed by atoms with Crippen LogP contribution in [0, 0.1) is 0 Å². The highest BCUT2D eigenvalue weighted by Crippen LogP contribution is 2.35. The Morgan fingerprint density at radius 3 is 1.74 bits per heavy atom. The van der Waals surface area contributed by atoms with Crippen LogP contribution < -0.4 is 15.8 Å². The minimum absolute atomic E-state index is 0.376. The largest absolute Gasteiger partial charge is 0.345 e. The van der Waals surface area contributed by atoms with E-state index in [1.807, 2.05) is 66.7 Å². The molecule has 0 atom stereocenters. The fraction of sp³-hybridized carbons (Fsp3) is 0. The molecule has 0 fully saturated rings. The van der Waals surface area contributed by atoms with E-state index in [9.17, 15) is 9.59 Å². The third-order valence-corrected chi connectivity index (χ3v) is 4.32. The third-order valence-electron chi connectivity index (χ3n) is 4.32. The Hall–Kier alpha value is -3.86. The van der Waals surface area contributed by atoms with E-state index in [0.29, 0.717) is 5.56 Å². The summed E-state index contributed by atoms with van der Waals surface area (Å²) in [6.45, 7) is 0. The van der Waals surface area contributed by atoms with Gasteiger partial charge in [0.25, 0.3) is 5.91 Å². The minimum atomic E-state index is -0.442. The van der Waals surface area contributed by atoms with E-state index in [2.05, 4.69) is 10.9 Å². The number of benzene rings is 3.